The van der Waals surface area contributed by atoms with Crippen molar-refractivity contribution in [2.75, 3.05) is 0 Å². The average molecular weight is 860 g/mol. The summed E-state index contributed by atoms with van der Waals surface area (Å²) in [6, 6.07) is 78.4. The van der Waals surface area contributed by atoms with Crippen LogP contribution >= 0.6 is 0 Å². The summed E-state index contributed by atoms with van der Waals surface area (Å²) < 4.78 is 0. The topological polar surface area (TPSA) is 90.2 Å². The van der Waals surface area contributed by atoms with Crippen molar-refractivity contribution in [2.24, 2.45) is 0 Å². The molecule has 3 aromatic heterocycles. The van der Waals surface area contributed by atoms with Gasteiger partial charge in [0.15, 0.2) is 34.9 Å². The van der Waals surface area contributed by atoms with Gasteiger partial charge in [-0.2, -0.15) is 0 Å². The number of aromatic nitrogens is 7. The maximum atomic E-state index is 5.16. The van der Waals surface area contributed by atoms with Crippen molar-refractivity contribution in [1.82, 2.24) is 34.9 Å². The first-order chi connectivity index (χ1) is 33.1. The van der Waals surface area contributed by atoms with E-state index in [-0.39, 0.29) is 0 Å². The number of nitrogens with zero attached hydrogens (tertiary/aromatic N) is 7. The molecule has 7 nitrogen and oxygen atoms in total. The highest BCUT2D eigenvalue weighted by molar-refractivity contribution is 5.94. The number of hydrogen-bond donors (Lipinski definition) is 0. The second-order valence-electron chi connectivity index (χ2n) is 16.2. The maximum Gasteiger partial charge on any atom is 0.164 e. The molecule has 0 amide bonds. The second-order valence-corrected chi connectivity index (χ2v) is 16.2. The van der Waals surface area contributed by atoms with Crippen LogP contribution in [0.15, 0.2) is 231 Å². The third-order valence-electron chi connectivity index (χ3n) is 11.7. The fraction of sp³-hybridized carbons (Fsp3) is 0.0167. The molecule has 7 heteroatoms. The van der Waals surface area contributed by atoms with Crippen molar-refractivity contribution < 1.29 is 0 Å². The van der Waals surface area contributed by atoms with Gasteiger partial charge >= 0.3 is 0 Å². The van der Waals surface area contributed by atoms with Crippen molar-refractivity contribution in [1.29, 1.82) is 0 Å². The summed E-state index contributed by atoms with van der Waals surface area (Å²) in [6.07, 6.45) is 0. The van der Waals surface area contributed by atoms with Gasteiger partial charge in [0.1, 0.15) is 0 Å². The Morgan fingerprint density at radius 1 is 0.224 bits per heavy atom. The lowest BCUT2D eigenvalue weighted by Gasteiger charge is -2.17. The monoisotopic (exact) mass is 859 g/mol. The van der Waals surface area contributed by atoms with Gasteiger partial charge in [0.05, 0.1) is 5.69 Å². The molecule has 0 aliphatic carbocycles. The largest absolute Gasteiger partial charge is 0.253 e. The first-order valence-electron chi connectivity index (χ1n) is 22.2. The summed E-state index contributed by atoms with van der Waals surface area (Å²) in [6.45, 7) is 2.03. The van der Waals surface area contributed by atoms with E-state index in [9.17, 15) is 0 Å². The van der Waals surface area contributed by atoms with Gasteiger partial charge in [0.25, 0.3) is 0 Å². The maximum absolute atomic E-state index is 5.16. The molecule has 0 atom stereocenters. The SMILES string of the molecule is Cc1cccc(-c2c(-c3cccc(-c4nc(-c5ccccc5)nc(-c5ccccc5)n4)c3)cccc2-c2cccc(-c3nc(-c4ccccc4)nc(-c4cccc(-c5ccccc5)c4)n3)c2)n1. The molecule has 0 unspecified atom stereocenters. The molecule has 0 saturated carbocycles. The minimum atomic E-state index is 0.581. The van der Waals surface area contributed by atoms with Crippen molar-refractivity contribution >= 4 is 0 Å². The highest BCUT2D eigenvalue weighted by Gasteiger charge is 2.20. The second kappa shape index (κ2) is 18.2. The highest BCUT2D eigenvalue weighted by atomic mass is 15.0. The van der Waals surface area contributed by atoms with E-state index < -0.39 is 0 Å². The number of rotatable bonds is 10. The van der Waals surface area contributed by atoms with E-state index >= 15 is 0 Å². The molecule has 3 heterocycles. The van der Waals surface area contributed by atoms with Gasteiger partial charge in [0, 0.05) is 44.6 Å². The van der Waals surface area contributed by atoms with Crippen LogP contribution in [0.3, 0.4) is 0 Å². The minimum absolute atomic E-state index is 0.581. The quantitative estimate of drug-likeness (QED) is 0.135. The highest BCUT2D eigenvalue weighted by Crippen LogP contribution is 2.41. The van der Waals surface area contributed by atoms with Crippen LogP contribution in [0, 0.1) is 6.92 Å². The zero-order chi connectivity index (χ0) is 44.9. The van der Waals surface area contributed by atoms with Crippen molar-refractivity contribution in [3.05, 3.63) is 236 Å². The van der Waals surface area contributed by atoms with Crippen LogP contribution in [0.1, 0.15) is 5.69 Å². The molecule has 316 valence electrons. The van der Waals surface area contributed by atoms with Gasteiger partial charge in [-0.05, 0) is 70.6 Å². The van der Waals surface area contributed by atoms with Crippen LogP contribution < -0.4 is 0 Å². The number of hydrogen-bond acceptors (Lipinski definition) is 7. The van der Waals surface area contributed by atoms with Crippen molar-refractivity contribution in [2.45, 2.75) is 6.92 Å². The van der Waals surface area contributed by atoms with Gasteiger partial charge in [-0.15, -0.1) is 0 Å². The van der Waals surface area contributed by atoms with Crippen LogP contribution in [0.5, 0.6) is 0 Å². The third kappa shape index (κ3) is 8.65. The molecular formula is C60H41N7. The molecular weight excluding hydrogens is 819 g/mol. The van der Waals surface area contributed by atoms with E-state index in [2.05, 4.69) is 127 Å². The van der Waals surface area contributed by atoms with Crippen LogP contribution in [0.2, 0.25) is 0 Å². The lowest BCUT2D eigenvalue weighted by molar-refractivity contribution is 1.07. The Bertz CT molecular complexity index is 3470. The molecule has 11 aromatic rings. The van der Waals surface area contributed by atoms with Gasteiger partial charge in [-0.25, -0.2) is 29.9 Å². The van der Waals surface area contributed by atoms with Gasteiger partial charge < -0.3 is 0 Å². The normalized spacial score (nSPS) is 11.1. The summed E-state index contributed by atoms with van der Waals surface area (Å²) in [4.78, 5) is 35.5. The fourth-order valence-electron chi connectivity index (χ4n) is 8.40. The molecule has 0 aliphatic rings. The van der Waals surface area contributed by atoms with E-state index in [1.807, 2.05) is 110 Å². The van der Waals surface area contributed by atoms with Crippen LogP contribution in [0.25, 0.3) is 113 Å². The standard InChI is InChI=1S/C60H41N7/c1-40-19-14-36-53(61-40)54-51(46-29-16-32-49(38-46)59-63-55(42-22-8-3-9-23-42)62-56(64-59)43-24-10-4-11-25-43)34-18-35-52(54)47-30-17-33-50(39-47)60-66-57(44-26-12-5-13-27-44)65-58(67-60)48-31-15-28-45(37-48)41-20-6-2-7-21-41/h2-39H,1H3. The first-order valence-corrected chi connectivity index (χ1v) is 22.2. The summed E-state index contributed by atoms with van der Waals surface area (Å²) >= 11 is 0. The van der Waals surface area contributed by atoms with E-state index in [0.717, 1.165) is 83.7 Å². The smallest absolute Gasteiger partial charge is 0.164 e. The van der Waals surface area contributed by atoms with Gasteiger partial charge in [-0.3, -0.25) is 4.98 Å². The van der Waals surface area contributed by atoms with E-state index in [1.54, 1.807) is 0 Å². The Morgan fingerprint density at radius 2 is 0.522 bits per heavy atom. The lowest BCUT2D eigenvalue weighted by atomic mass is 9.88. The number of aryl methyl sites for hydroxylation is 1. The molecule has 11 rings (SSSR count). The van der Waals surface area contributed by atoms with Crippen molar-refractivity contribution in [3.8, 4) is 113 Å². The molecule has 8 aromatic carbocycles. The summed E-state index contributed by atoms with van der Waals surface area (Å²) in [5, 5.41) is 0. The van der Waals surface area contributed by atoms with Gasteiger partial charge in [-0.1, -0.05) is 200 Å². The predicted octanol–water partition coefficient (Wildman–Crippen LogP) is 14.4. The first kappa shape index (κ1) is 40.7. The van der Waals surface area contributed by atoms with E-state index in [4.69, 9.17) is 34.9 Å². The van der Waals surface area contributed by atoms with E-state index in [1.165, 1.54) is 0 Å². The van der Waals surface area contributed by atoms with Crippen LogP contribution in [0.4, 0.5) is 0 Å². The van der Waals surface area contributed by atoms with E-state index in [0.29, 0.717) is 34.9 Å². The molecule has 0 aliphatic heterocycles. The Kier molecular flexibility index (Phi) is 11.1. The molecule has 0 spiro atoms. The summed E-state index contributed by atoms with van der Waals surface area (Å²) in [7, 11) is 0. The Balaban J connectivity index is 1.04. The van der Waals surface area contributed by atoms with Crippen molar-refractivity contribution in [3.63, 3.8) is 0 Å². The lowest BCUT2D eigenvalue weighted by Crippen LogP contribution is -2.01. The summed E-state index contributed by atoms with van der Waals surface area (Å²) in [5.74, 6) is 3.60. The minimum Gasteiger partial charge on any atom is -0.253 e. The van der Waals surface area contributed by atoms with Crippen LogP contribution in [-0.2, 0) is 0 Å². The molecule has 0 bridgehead atoms. The molecule has 0 radical (unpaired) electrons. The summed E-state index contributed by atoms with van der Waals surface area (Å²) in [5.41, 5.74) is 14.5. The molecule has 0 saturated heterocycles. The number of pyridine rings is 1. The third-order valence-corrected chi connectivity index (χ3v) is 11.7. The average Bonchev–Trinajstić information content (AvgIpc) is 3.41. The molecule has 67 heavy (non-hydrogen) atoms. The Morgan fingerprint density at radius 3 is 0.925 bits per heavy atom. The van der Waals surface area contributed by atoms with Gasteiger partial charge in [0.2, 0.25) is 0 Å². The Hall–Kier alpha value is -9.07. The predicted molar refractivity (Wildman–Crippen MR) is 270 cm³/mol. The Labute approximate surface area is 389 Å². The number of benzene rings is 8. The zero-order valence-electron chi connectivity index (χ0n) is 36.6. The fourth-order valence-corrected chi connectivity index (χ4v) is 8.40. The molecule has 0 N–H and O–H groups in total. The zero-order valence-corrected chi connectivity index (χ0v) is 36.6. The van der Waals surface area contributed by atoms with Crippen LogP contribution in [-0.4, -0.2) is 34.9 Å². The molecule has 0 fully saturated rings.